The maximum atomic E-state index is 13.0. The first-order valence-electron chi connectivity index (χ1n) is 7.78. The van der Waals surface area contributed by atoms with Crippen LogP contribution in [0.25, 0.3) is 0 Å². The van der Waals surface area contributed by atoms with Crippen LogP contribution in [0.3, 0.4) is 0 Å². The number of nitrogens with zero attached hydrogens (tertiary/aromatic N) is 2. The minimum Gasteiger partial charge on any atom is -0.347 e. The third-order valence-corrected chi connectivity index (χ3v) is 3.56. The number of alkyl halides is 3. The third kappa shape index (κ3) is 4.63. The van der Waals surface area contributed by atoms with E-state index in [4.69, 9.17) is 0 Å². The molecule has 0 aliphatic carbocycles. The summed E-state index contributed by atoms with van der Waals surface area (Å²) in [6.45, 7) is 2.30. The van der Waals surface area contributed by atoms with Gasteiger partial charge >= 0.3 is 6.18 Å². The zero-order chi connectivity index (χ0) is 19.2. The maximum absolute atomic E-state index is 13.0. The summed E-state index contributed by atoms with van der Waals surface area (Å²) in [5.41, 5.74) is -0.908. The number of nitriles is 1. The Hall–Kier alpha value is -3.27. The molecule has 2 aromatic carbocycles. The van der Waals surface area contributed by atoms with Gasteiger partial charge in [-0.3, -0.25) is 4.79 Å². The minimum atomic E-state index is -4.61. The summed E-state index contributed by atoms with van der Waals surface area (Å²) < 4.78 is 39.1. The van der Waals surface area contributed by atoms with Crippen molar-refractivity contribution in [2.75, 3.05) is 16.8 Å². The molecule has 0 bridgehead atoms. The van der Waals surface area contributed by atoms with E-state index in [9.17, 15) is 23.2 Å². The molecule has 1 N–H and O–H groups in total. The first-order valence-corrected chi connectivity index (χ1v) is 7.78. The van der Waals surface area contributed by atoms with Crippen LogP contribution in [0.1, 0.15) is 12.5 Å². The third-order valence-electron chi connectivity index (χ3n) is 3.56. The Balaban J connectivity index is 2.29. The molecule has 0 aliphatic rings. The van der Waals surface area contributed by atoms with Crippen molar-refractivity contribution in [3.8, 4) is 6.07 Å². The van der Waals surface area contributed by atoms with E-state index in [1.807, 2.05) is 13.0 Å². The fourth-order valence-electron chi connectivity index (χ4n) is 2.29. The number of anilines is 2. The average Bonchev–Trinajstić information content (AvgIpc) is 2.63. The molecule has 0 radical (unpaired) electrons. The number of para-hydroxylation sites is 2. The molecule has 1 amide bonds. The molecule has 0 saturated heterocycles. The number of hydrogen-bond acceptors (Lipinski definition) is 3. The zero-order valence-electron chi connectivity index (χ0n) is 13.9. The van der Waals surface area contributed by atoms with Gasteiger partial charge in [-0.15, -0.1) is 0 Å². The van der Waals surface area contributed by atoms with Crippen LogP contribution in [0.5, 0.6) is 0 Å². The van der Waals surface area contributed by atoms with Gasteiger partial charge in [0.1, 0.15) is 11.6 Å². The van der Waals surface area contributed by atoms with E-state index in [-0.39, 0.29) is 5.57 Å². The molecule has 0 saturated carbocycles. The summed E-state index contributed by atoms with van der Waals surface area (Å²) in [5, 5.41) is 11.4. The number of benzene rings is 2. The van der Waals surface area contributed by atoms with Gasteiger partial charge in [0.2, 0.25) is 0 Å². The molecule has 2 aromatic rings. The number of halogens is 3. The van der Waals surface area contributed by atoms with Gasteiger partial charge in [0.25, 0.3) is 5.91 Å². The van der Waals surface area contributed by atoms with Gasteiger partial charge < -0.3 is 10.2 Å². The average molecular weight is 359 g/mol. The Kier molecular flexibility index (Phi) is 6.02. The van der Waals surface area contributed by atoms with Crippen LogP contribution in [0.4, 0.5) is 24.5 Å². The summed E-state index contributed by atoms with van der Waals surface area (Å²) >= 11 is 0. The lowest BCUT2D eigenvalue weighted by Crippen LogP contribution is -2.21. The summed E-state index contributed by atoms with van der Waals surface area (Å²) in [5.74, 6) is -0.904. The molecule has 4 nitrogen and oxygen atoms in total. The van der Waals surface area contributed by atoms with Crippen LogP contribution in [-0.4, -0.2) is 12.5 Å². The fourth-order valence-corrected chi connectivity index (χ4v) is 2.29. The highest BCUT2D eigenvalue weighted by Crippen LogP contribution is 2.34. The van der Waals surface area contributed by atoms with Gasteiger partial charge in [-0.25, -0.2) is 0 Å². The Morgan fingerprint density at radius 3 is 2.35 bits per heavy atom. The van der Waals surface area contributed by atoms with Gasteiger partial charge in [0.05, 0.1) is 11.3 Å². The van der Waals surface area contributed by atoms with Crippen molar-refractivity contribution < 1.29 is 18.0 Å². The number of rotatable bonds is 5. The molecule has 7 heteroatoms. The Bertz CT molecular complexity index is 839. The summed E-state index contributed by atoms with van der Waals surface area (Å²) in [4.78, 5) is 14.0. The fraction of sp³-hybridized carbons (Fsp3) is 0.158. The number of hydrogen-bond donors (Lipinski definition) is 1. The molecule has 0 aromatic heterocycles. The van der Waals surface area contributed by atoms with Crippen molar-refractivity contribution in [1.29, 1.82) is 5.26 Å². The second-order valence-electron chi connectivity index (χ2n) is 5.27. The first kappa shape index (κ1) is 19.1. The molecular weight excluding hydrogens is 343 g/mol. The highest BCUT2D eigenvalue weighted by Gasteiger charge is 2.33. The zero-order valence-corrected chi connectivity index (χ0v) is 13.9. The number of amides is 1. The molecule has 134 valence electrons. The highest BCUT2D eigenvalue weighted by atomic mass is 19.4. The lowest BCUT2D eigenvalue weighted by Gasteiger charge is -2.19. The predicted octanol–water partition coefficient (Wildman–Crippen LogP) is 4.58. The lowest BCUT2D eigenvalue weighted by molar-refractivity contribution is -0.137. The quantitative estimate of drug-likeness (QED) is 0.628. The van der Waals surface area contributed by atoms with Crippen molar-refractivity contribution in [2.45, 2.75) is 13.1 Å². The van der Waals surface area contributed by atoms with E-state index in [1.165, 1.54) is 18.3 Å². The monoisotopic (exact) mass is 359 g/mol. The predicted molar refractivity (Wildman–Crippen MR) is 93.2 cm³/mol. The van der Waals surface area contributed by atoms with Crippen molar-refractivity contribution in [1.82, 2.24) is 0 Å². The summed E-state index contributed by atoms with van der Waals surface area (Å²) in [6, 6.07) is 15.4. The molecule has 2 rings (SSSR count). The van der Waals surface area contributed by atoms with E-state index in [0.717, 1.165) is 17.8 Å². The maximum Gasteiger partial charge on any atom is 0.418 e. The van der Waals surface area contributed by atoms with E-state index in [1.54, 1.807) is 35.2 Å². The largest absolute Gasteiger partial charge is 0.418 e. The SMILES string of the molecule is CCN(/C=C(/C#N)C(=O)Nc1ccccc1C(F)(F)F)c1ccccc1. The van der Waals surface area contributed by atoms with Gasteiger partial charge in [-0.05, 0) is 31.2 Å². The van der Waals surface area contributed by atoms with Crippen molar-refractivity contribution >= 4 is 17.3 Å². The van der Waals surface area contributed by atoms with Crippen LogP contribution in [-0.2, 0) is 11.0 Å². The number of carbonyl (C=O) groups excluding carboxylic acids is 1. The topological polar surface area (TPSA) is 56.1 Å². The molecule has 0 heterocycles. The molecule has 0 unspecified atom stereocenters. The van der Waals surface area contributed by atoms with Gasteiger partial charge in [0, 0.05) is 18.4 Å². The smallest absolute Gasteiger partial charge is 0.347 e. The van der Waals surface area contributed by atoms with Crippen molar-refractivity contribution in [3.63, 3.8) is 0 Å². The van der Waals surface area contributed by atoms with Crippen LogP contribution in [0.2, 0.25) is 0 Å². The van der Waals surface area contributed by atoms with E-state index in [0.29, 0.717) is 6.54 Å². The van der Waals surface area contributed by atoms with Crippen LogP contribution < -0.4 is 10.2 Å². The van der Waals surface area contributed by atoms with Gasteiger partial charge in [-0.1, -0.05) is 30.3 Å². The normalized spacial score (nSPS) is 11.6. The van der Waals surface area contributed by atoms with Crippen LogP contribution in [0, 0.1) is 11.3 Å². The first-order chi connectivity index (χ1) is 12.4. The molecule has 0 aliphatic heterocycles. The van der Waals surface area contributed by atoms with Crippen LogP contribution >= 0.6 is 0 Å². The molecule has 0 spiro atoms. The number of nitrogens with one attached hydrogen (secondary N) is 1. The summed E-state index contributed by atoms with van der Waals surface area (Å²) in [6.07, 6.45) is -3.29. The summed E-state index contributed by atoms with van der Waals surface area (Å²) in [7, 11) is 0. The minimum absolute atomic E-state index is 0.298. The van der Waals surface area contributed by atoms with E-state index < -0.39 is 23.3 Å². The molecule has 26 heavy (non-hydrogen) atoms. The Morgan fingerprint density at radius 2 is 1.77 bits per heavy atom. The lowest BCUT2D eigenvalue weighted by atomic mass is 10.1. The van der Waals surface area contributed by atoms with Crippen molar-refractivity contribution in [3.05, 3.63) is 71.9 Å². The second-order valence-corrected chi connectivity index (χ2v) is 5.27. The Labute approximate surface area is 149 Å². The Morgan fingerprint density at radius 1 is 1.15 bits per heavy atom. The molecule has 0 atom stereocenters. The van der Waals surface area contributed by atoms with E-state index in [2.05, 4.69) is 5.32 Å². The standard InChI is InChI=1S/C19H16F3N3O/c1-2-25(15-8-4-3-5-9-15)13-14(12-23)18(26)24-17-11-7-6-10-16(17)19(20,21)22/h3-11,13H,2H2,1H3,(H,24,26)/b14-13-. The second kappa shape index (κ2) is 8.21. The van der Waals surface area contributed by atoms with Gasteiger partial charge in [-0.2, -0.15) is 18.4 Å². The van der Waals surface area contributed by atoms with Crippen molar-refractivity contribution in [2.24, 2.45) is 0 Å². The highest BCUT2D eigenvalue weighted by molar-refractivity contribution is 6.07. The molecular formula is C19H16F3N3O. The van der Waals surface area contributed by atoms with Gasteiger partial charge in [0.15, 0.2) is 0 Å². The van der Waals surface area contributed by atoms with E-state index >= 15 is 0 Å². The molecule has 0 fully saturated rings. The van der Waals surface area contributed by atoms with Crippen LogP contribution in [0.15, 0.2) is 66.4 Å². The number of carbonyl (C=O) groups is 1.